The fourth-order valence-corrected chi connectivity index (χ4v) is 5.19. The van der Waals surface area contributed by atoms with E-state index in [2.05, 4.69) is 5.10 Å². The molecule has 1 saturated heterocycles. The number of benzene rings is 2. The number of aromatic hydroxyl groups is 1. The van der Waals surface area contributed by atoms with E-state index in [0.29, 0.717) is 17.5 Å². The molecular formula is C24H21F2N3O3. The van der Waals surface area contributed by atoms with Crippen LogP contribution in [-0.2, 0) is 0 Å². The molecule has 0 saturated carbocycles. The minimum atomic E-state index is -0.738. The molecule has 0 spiro atoms. The lowest BCUT2D eigenvalue weighted by atomic mass is 9.80. The Morgan fingerprint density at radius 2 is 1.78 bits per heavy atom. The first-order valence-corrected chi connectivity index (χ1v) is 10.5. The zero-order chi connectivity index (χ0) is 22.6. The van der Waals surface area contributed by atoms with Crippen molar-refractivity contribution >= 4 is 5.91 Å². The van der Waals surface area contributed by atoms with Gasteiger partial charge in [-0.1, -0.05) is 24.3 Å². The largest absolute Gasteiger partial charge is 0.502 e. The Hall–Kier alpha value is -3.55. The molecule has 2 aliphatic heterocycles. The maximum Gasteiger partial charge on any atom is 0.276 e. The SMILES string of the molecule is C[C@H]1CC[C@@H]2[C@@H](C(c3ccc(F)cc3)c3cccc(F)c3)n3ncc(=O)c(O)c3C(=O)N21. The lowest BCUT2D eigenvalue weighted by molar-refractivity contribution is 0.0491. The number of hydrogen-bond acceptors (Lipinski definition) is 4. The van der Waals surface area contributed by atoms with Crippen molar-refractivity contribution in [2.24, 2.45) is 0 Å². The Morgan fingerprint density at radius 3 is 2.50 bits per heavy atom. The first-order valence-electron chi connectivity index (χ1n) is 10.5. The molecule has 1 N–H and O–H groups in total. The van der Waals surface area contributed by atoms with Crippen molar-refractivity contribution in [2.45, 2.75) is 43.8 Å². The van der Waals surface area contributed by atoms with Crippen molar-refractivity contribution in [3.05, 3.63) is 93.4 Å². The van der Waals surface area contributed by atoms with E-state index in [1.807, 2.05) is 6.92 Å². The normalized spacial score (nSPS) is 23.0. The zero-order valence-corrected chi connectivity index (χ0v) is 17.3. The van der Waals surface area contributed by atoms with Gasteiger partial charge in [-0.15, -0.1) is 0 Å². The van der Waals surface area contributed by atoms with Gasteiger partial charge in [0.2, 0.25) is 5.43 Å². The Balaban J connectivity index is 1.79. The van der Waals surface area contributed by atoms with E-state index in [9.17, 15) is 23.5 Å². The summed E-state index contributed by atoms with van der Waals surface area (Å²) < 4.78 is 29.4. The predicted octanol–water partition coefficient (Wildman–Crippen LogP) is 3.61. The first kappa shape index (κ1) is 20.4. The van der Waals surface area contributed by atoms with E-state index in [-0.39, 0.29) is 17.8 Å². The van der Waals surface area contributed by atoms with Crippen LogP contribution in [0.4, 0.5) is 8.78 Å². The van der Waals surface area contributed by atoms with Gasteiger partial charge in [-0.25, -0.2) is 8.78 Å². The van der Waals surface area contributed by atoms with Gasteiger partial charge in [-0.3, -0.25) is 14.3 Å². The van der Waals surface area contributed by atoms with Gasteiger partial charge in [-0.05, 0) is 55.2 Å². The monoisotopic (exact) mass is 437 g/mol. The summed E-state index contributed by atoms with van der Waals surface area (Å²) in [4.78, 5) is 27.1. The quantitative estimate of drug-likeness (QED) is 0.679. The van der Waals surface area contributed by atoms with Crippen LogP contribution in [0.3, 0.4) is 0 Å². The van der Waals surface area contributed by atoms with E-state index >= 15 is 0 Å². The minimum Gasteiger partial charge on any atom is -0.502 e. The van der Waals surface area contributed by atoms with Gasteiger partial charge in [-0.2, -0.15) is 5.10 Å². The lowest BCUT2D eigenvalue weighted by Crippen LogP contribution is -2.52. The van der Waals surface area contributed by atoms with Gasteiger partial charge >= 0.3 is 0 Å². The Bertz CT molecular complexity index is 1260. The van der Waals surface area contributed by atoms with Crippen LogP contribution in [0, 0.1) is 11.6 Å². The third-order valence-electron chi connectivity index (χ3n) is 6.59. The molecule has 2 aliphatic rings. The third-order valence-corrected chi connectivity index (χ3v) is 6.59. The number of carbonyl (C=O) groups is 1. The summed E-state index contributed by atoms with van der Waals surface area (Å²) in [6.07, 6.45) is 2.41. The highest BCUT2D eigenvalue weighted by atomic mass is 19.1. The molecule has 0 bridgehead atoms. The summed E-state index contributed by atoms with van der Waals surface area (Å²) in [5.74, 6) is -2.43. The highest BCUT2D eigenvalue weighted by Crippen LogP contribution is 2.47. The van der Waals surface area contributed by atoms with Crippen LogP contribution in [0.25, 0.3) is 0 Å². The summed E-state index contributed by atoms with van der Waals surface area (Å²) in [5.41, 5.74) is 0.428. The van der Waals surface area contributed by atoms with E-state index in [1.165, 1.54) is 28.9 Å². The number of amides is 1. The van der Waals surface area contributed by atoms with Gasteiger partial charge in [0, 0.05) is 12.0 Å². The van der Waals surface area contributed by atoms with Crippen LogP contribution in [0.5, 0.6) is 5.75 Å². The van der Waals surface area contributed by atoms with E-state index in [0.717, 1.165) is 12.6 Å². The molecule has 3 heterocycles. The number of nitrogens with zero attached hydrogens (tertiary/aromatic N) is 3. The average Bonchev–Trinajstić information content (AvgIpc) is 3.16. The van der Waals surface area contributed by atoms with Crippen molar-refractivity contribution in [2.75, 3.05) is 0 Å². The molecule has 32 heavy (non-hydrogen) atoms. The van der Waals surface area contributed by atoms with E-state index in [4.69, 9.17) is 0 Å². The molecule has 3 aromatic rings. The minimum absolute atomic E-state index is 0.0974. The summed E-state index contributed by atoms with van der Waals surface area (Å²) in [7, 11) is 0. The average molecular weight is 437 g/mol. The number of aromatic nitrogens is 2. The van der Waals surface area contributed by atoms with E-state index in [1.54, 1.807) is 29.2 Å². The summed E-state index contributed by atoms with van der Waals surface area (Å²) >= 11 is 0. The fourth-order valence-electron chi connectivity index (χ4n) is 5.19. The summed E-state index contributed by atoms with van der Waals surface area (Å²) in [6.45, 7) is 1.92. The number of halogens is 2. The number of rotatable bonds is 3. The molecule has 2 aromatic carbocycles. The van der Waals surface area contributed by atoms with E-state index < -0.39 is 40.7 Å². The van der Waals surface area contributed by atoms with Gasteiger partial charge in [0.05, 0.1) is 18.3 Å². The van der Waals surface area contributed by atoms with Crippen LogP contribution in [-0.4, -0.2) is 37.8 Å². The molecule has 6 nitrogen and oxygen atoms in total. The highest BCUT2D eigenvalue weighted by molar-refractivity contribution is 5.96. The van der Waals surface area contributed by atoms with Crippen molar-refractivity contribution in [1.29, 1.82) is 0 Å². The first-order chi connectivity index (χ1) is 15.4. The summed E-state index contributed by atoms with van der Waals surface area (Å²) in [5, 5.41) is 14.7. The molecule has 1 fully saturated rings. The third kappa shape index (κ3) is 3.09. The van der Waals surface area contributed by atoms with Crippen LogP contribution in [0.1, 0.15) is 53.3 Å². The Kier molecular flexibility index (Phi) is 4.80. The van der Waals surface area contributed by atoms with Crippen LogP contribution in [0.2, 0.25) is 0 Å². The van der Waals surface area contributed by atoms with Crippen molar-refractivity contribution < 1.29 is 18.7 Å². The molecule has 4 atom stereocenters. The topological polar surface area (TPSA) is 75.4 Å². The van der Waals surface area contributed by atoms with Crippen molar-refractivity contribution in [1.82, 2.24) is 14.7 Å². The molecular weight excluding hydrogens is 416 g/mol. The van der Waals surface area contributed by atoms with Gasteiger partial charge in [0.15, 0.2) is 11.4 Å². The molecule has 8 heteroatoms. The molecule has 1 aromatic heterocycles. The molecule has 164 valence electrons. The van der Waals surface area contributed by atoms with Crippen LogP contribution >= 0.6 is 0 Å². The molecule has 0 aliphatic carbocycles. The molecule has 5 rings (SSSR count). The lowest BCUT2D eigenvalue weighted by Gasteiger charge is -2.43. The maximum atomic E-state index is 14.3. The Labute approximate surface area is 182 Å². The maximum absolute atomic E-state index is 14.3. The number of hydrogen-bond donors (Lipinski definition) is 1. The molecule has 0 radical (unpaired) electrons. The predicted molar refractivity (Wildman–Crippen MR) is 112 cm³/mol. The van der Waals surface area contributed by atoms with Gasteiger partial charge < -0.3 is 10.0 Å². The Morgan fingerprint density at radius 1 is 1.03 bits per heavy atom. The highest BCUT2D eigenvalue weighted by Gasteiger charge is 2.50. The van der Waals surface area contributed by atoms with Crippen LogP contribution in [0.15, 0.2) is 59.5 Å². The second-order valence-corrected chi connectivity index (χ2v) is 8.43. The van der Waals surface area contributed by atoms with Gasteiger partial charge in [0.25, 0.3) is 5.91 Å². The van der Waals surface area contributed by atoms with Crippen LogP contribution < -0.4 is 5.43 Å². The van der Waals surface area contributed by atoms with Crippen molar-refractivity contribution in [3.8, 4) is 5.75 Å². The molecule has 1 unspecified atom stereocenters. The molecule has 1 amide bonds. The second-order valence-electron chi connectivity index (χ2n) is 8.43. The second kappa shape index (κ2) is 7.55. The zero-order valence-electron chi connectivity index (χ0n) is 17.3. The van der Waals surface area contributed by atoms with Gasteiger partial charge in [0.1, 0.15) is 11.6 Å². The number of fused-ring (bicyclic) bond motifs is 2. The van der Waals surface area contributed by atoms with Crippen molar-refractivity contribution in [3.63, 3.8) is 0 Å². The smallest absolute Gasteiger partial charge is 0.276 e. The standard InChI is InChI=1S/C24H21F2N3O3/c1-13-5-10-18-21(29-22(24(32)28(13)18)23(31)19(30)12-27-29)20(14-6-8-16(25)9-7-14)15-3-2-4-17(26)11-15/h2-4,6-9,11-13,18,20-21,31H,5,10H2,1H3/t13-,18+,20?,21-/m0/s1. The summed E-state index contributed by atoms with van der Waals surface area (Å²) in [6, 6.07) is 11.1. The fraction of sp³-hybridized carbons (Fsp3) is 0.292. The number of carbonyl (C=O) groups excluding carboxylic acids is 1.